The van der Waals surface area contributed by atoms with Gasteiger partial charge in [-0.25, -0.2) is 0 Å². The summed E-state index contributed by atoms with van der Waals surface area (Å²) in [6.45, 7) is 1.42. The maximum absolute atomic E-state index is 9.65. The van der Waals surface area contributed by atoms with E-state index in [9.17, 15) is 4.79 Å². The minimum Gasteiger partial charge on any atom is -0.656 e. The molecule has 0 rings (SSSR count). The fourth-order valence-corrected chi connectivity index (χ4v) is 0. The van der Waals surface area contributed by atoms with E-state index in [0.717, 1.165) is 0 Å². The number of hydrogen-bond acceptors (Lipinski definition) is 1. The van der Waals surface area contributed by atoms with Crippen LogP contribution in [-0.4, -0.2) is 13.0 Å². The number of rotatable bonds is 0. The first kappa shape index (κ1) is 9.76. The fourth-order valence-electron chi connectivity index (χ4n) is 0. The van der Waals surface area contributed by atoms with Gasteiger partial charge in [0, 0.05) is 5.91 Å². The van der Waals surface area contributed by atoms with Gasteiger partial charge in [0.2, 0.25) is 0 Å². The molecule has 6 heavy (non-hydrogen) atoms. The zero-order valence-electron chi connectivity index (χ0n) is 3.93. The van der Waals surface area contributed by atoms with Crippen molar-refractivity contribution in [2.24, 2.45) is 0 Å². The van der Waals surface area contributed by atoms with Crippen molar-refractivity contribution in [3.05, 3.63) is 5.32 Å². The van der Waals surface area contributed by atoms with E-state index in [1.54, 1.807) is 0 Å². The number of hydrogen-bond donors (Lipinski definition) is 0. The topological polar surface area (TPSA) is 31.2 Å². The Labute approximate surface area is 62.6 Å². The monoisotopic (exact) mass is 161 g/mol. The Morgan fingerprint density at radius 3 is 1.83 bits per heavy atom. The molecule has 0 radical (unpaired) electrons. The van der Waals surface area contributed by atoms with Crippen molar-refractivity contribution in [1.29, 1.82) is 0 Å². The number of nitrogens with zero attached hydrogens (tertiary/aromatic N) is 1. The van der Waals surface area contributed by atoms with Gasteiger partial charge in [-0.15, -0.1) is 7.05 Å². The molecular formula is C3H6NOY+2. The van der Waals surface area contributed by atoms with Crippen molar-refractivity contribution < 1.29 is 37.5 Å². The third-order valence-electron chi connectivity index (χ3n) is 0.315. The molecule has 0 saturated carbocycles. The summed E-state index contributed by atoms with van der Waals surface area (Å²) in [4.78, 5) is 9.65. The van der Waals surface area contributed by atoms with Crippen LogP contribution in [0.3, 0.4) is 0 Å². The van der Waals surface area contributed by atoms with E-state index in [1.165, 1.54) is 14.0 Å². The van der Waals surface area contributed by atoms with E-state index in [2.05, 4.69) is 5.32 Å². The quantitative estimate of drug-likeness (QED) is 0.509. The molecule has 0 spiro atoms. The van der Waals surface area contributed by atoms with Gasteiger partial charge in [0.25, 0.3) is 0 Å². The molecule has 0 aliphatic rings. The first-order valence-electron chi connectivity index (χ1n) is 1.37. The van der Waals surface area contributed by atoms with Crippen LogP contribution in [0, 0.1) is 0 Å². The van der Waals surface area contributed by atoms with Crippen LogP contribution in [0.15, 0.2) is 0 Å². The van der Waals surface area contributed by atoms with Crippen molar-refractivity contribution >= 4 is 5.91 Å². The van der Waals surface area contributed by atoms with Crippen LogP contribution in [0.1, 0.15) is 6.92 Å². The van der Waals surface area contributed by atoms with Crippen LogP contribution in [0.4, 0.5) is 0 Å². The molecular weight excluding hydrogens is 155 g/mol. The van der Waals surface area contributed by atoms with E-state index in [0.29, 0.717) is 0 Å². The molecule has 0 heterocycles. The zero-order valence-corrected chi connectivity index (χ0v) is 6.77. The van der Waals surface area contributed by atoms with Crippen LogP contribution in [-0.2, 0) is 37.5 Å². The third kappa shape index (κ3) is 8.82. The smallest absolute Gasteiger partial charge is 0.656 e. The van der Waals surface area contributed by atoms with E-state index in [4.69, 9.17) is 0 Å². The van der Waals surface area contributed by atoms with Gasteiger partial charge >= 0.3 is 32.7 Å². The zero-order chi connectivity index (χ0) is 4.28. The molecule has 0 saturated heterocycles. The second-order valence-corrected chi connectivity index (χ2v) is 0.743. The van der Waals surface area contributed by atoms with Gasteiger partial charge in [-0.2, -0.15) is 0 Å². The van der Waals surface area contributed by atoms with Crippen molar-refractivity contribution in [3.63, 3.8) is 0 Å². The maximum Gasteiger partial charge on any atom is 3.00 e. The van der Waals surface area contributed by atoms with Crippen LogP contribution < -0.4 is 0 Å². The molecule has 0 aromatic carbocycles. The molecule has 30 valence electrons. The Kier molecular flexibility index (Phi) is 9.07. The molecule has 0 fully saturated rings. The predicted molar refractivity (Wildman–Crippen MR) is 20.0 cm³/mol. The Morgan fingerprint density at radius 1 is 1.67 bits per heavy atom. The number of amides is 1. The molecule has 0 bridgehead atoms. The van der Waals surface area contributed by atoms with E-state index in [1.807, 2.05) is 0 Å². The molecule has 0 N–H and O–H groups in total. The Hall–Kier alpha value is 0.574. The van der Waals surface area contributed by atoms with Gasteiger partial charge in [-0.1, -0.05) is 0 Å². The van der Waals surface area contributed by atoms with E-state index >= 15 is 0 Å². The number of carbonyl (C=O) groups is 1. The molecule has 0 aliphatic heterocycles. The molecule has 1 amide bonds. The summed E-state index contributed by atoms with van der Waals surface area (Å²) in [6, 6.07) is 0. The van der Waals surface area contributed by atoms with Gasteiger partial charge in [-0.3, -0.25) is 0 Å². The predicted octanol–water partition coefficient (Wildman–Crippen LogP) is 0.534. The summed E-state index contributed by atoms with van der Waals surface area (Å²) in [5.74, 6) is -0.120. The minimum atomic E-state index is -0.120. The molecule has 0 unspecified atom stereocenters. The average Bonchev–Trinajstić information content (AvgIpc) is 1.38. The minimum absolute atomic E-state index is 0. The van der Waals surface area contributed by atoms with Gasteiger partial charge in [-0.05, 0) is 6.92 Å². The summed E-state index contributed by atoms with van der Waals surface area (Å²) in [6.07, 6.45) is 0. The second-order valence-electron chi connectivity index (χ2n) is 0.743. The third-order valence-corrected chi connectivity index (χ3v) is 0.315. The molecule has 0 atom stereocenters. The van der Waals surface area contributed by atoms with Gasteiger partial charge in [0.05, 0.1) is 0 Å². The molecule has 2 nitrogen and oxygen atoms in total. The normalized spacial score (nSPS) is 5.67. The van der Waals surface area contributed by atoms with E-state index in [-0.39, 0.29) is 38.6 Å². The summed E-state index contributed by atoms with van der Waals surface area (Å²) >= 11 is 0. The van der Waals surface area contributed by atoms with Crippen molar-refractivity contribution in [2.45, 2.75) is 6.92 Å². The Balaban J connectivity index is 0. The van der Waals surface area contributed by atoms with Crippen molar-refractivity contribution in [1.82, 2.24) is 0 Å². The maximum atomic E-state index is 9.65. The second kappa shape index (κ2) is 5.57. The van der Waals surface area contributed by atoms with Gasteiger partial charge < -0.3 is 10.1 Å². The summed E-state index contributed by atoms with van der Waals surface area (Å²) in [5.41, 5.74) is 0. The first-order valence-corrected chi connectivity index (χ1v) is 1.37. The van der Waals surface area contributed by atoms with Crippen LogP contribution >= 0.6 is 0 Å². The summed E-state index contributed by atoms with van der Waals surface area (Å²) in [5, 5.41) is 3.25. The van der Waals surface area contributed by atoms with Crippen molar-refractivity contribution in [2.75, 3.05) is 7.05 Å². The fraction of sp³-hybridized carbons (Fsp3) is 0.667. The van der Waals surface area contributed by atoms with Gasteiger partial charge in [0.1, 0.15) is 0 Å². The van der Waals surface area contributed by atoms with Crippen molar-refractivity contribution in [3.8, 4) is 0 Å². The molecule has 0 aromatic heterocycles. The Bertz CT molecular complexity index is 46.1. The largest absolute Gasteiger partial charge is 3.00 e. The average molecular weight is 161 g/mol. The number of carbonyl (C=O) groups excluding carboxylic acids is 1. The molecule has 3 heteroatoms. The van der Waals surface area contributed by atoms with Gasteiger partial charge in [0.15, 0.2) is 0 Å². The molecule has 0 aromatic rings. The SMILES string of the molecule is C[N-]C(C)=O.[Y+3]. The standard InChI is InChI=1S/C3H7NO.Y/c1-3(5)4-2;/h1-2H3,(H,4,5);/q;+3/p-1. The van der Waals surface area contributed by atoms with Crippen LogP contribution in [0.2, 0.25) is 0 Å². The van der Waals surface area contributed by atoms with E-state index < -0.39 is 0 Å². The summed E-state index contributed by atoms with van der Waals surface area (Å²) in [7, 11) is 1.47. The molecule has 0 aliphatic carbocycles. The Morgan fingerprint density at radius 2 is 1.83 bits per heavy atom. The summed E-state index contributed by atoms with van der Waals surface area (Å²) < 4.78 is 0. The van der Waals surface area contributed by atoms with Crippen LogP contribution in [0.25, 0.3) is 5.32 Å². The van der Waals surface area contributed by atoms with Crippen LogP contribution in [0.5, 0.6) is 0 Å². The first-order chi connectivity index (χ1) is 2.27.